The first kappa shape index (κ1) is 32.8. The van der Waals surface area contributed by atoms with Crippen LogP contribution in [0.4, 0.5) is 17.1 Å². The Balaban J connectivity index is 1.10. The topological polar surface area (TPSA) is 21.3 Å². The van der Waals surface area contributed by atoms with Crippen LogP contribution in [0, 0.1) is 0 Å². The quantitative estimate of drug-likeness (QED) is 0.163. The molecule has 0 saturated heterocycles. The van der Waals surface area contributed by atoms with Gasteiger partial charge in [0.1, 0.15) is 11.2 Å². The molecule has 0 bridgehead atoms. The molecule has 3 nitrogen and oxygen atoms in total. The molecule has 0 aliphatic carbocycles. The Morgan fingerprint density at radius 3 is 1.49 bits per heavy atom. The van der Waals surface area contributed by atoms with Crippen LogP contribution in [0.3, 0.4) is 0 Å². The molecule has 0 saturated carbocycles. The van der Waals surface area contributed by atoms with Crippen molar-refractivity contribution in [2.75, 3.05) is 4.90 Å². The van der Waals surface area contributed by atoms with E-state index in [1.807, 2.05) is 6.07 Å². The van der Waals surface area contributed by atoms with E-state index in [4.69, 9.17) is 4.42 Å². The minimum Gasteiger partial charge on any atom is -0.455 e. The number of rotatable bonds is 7. The molecular formula is C54H36N2O. The van der Waals surface area contributed by atoms with E-state index in [0.717, 1.165) is 77.6 Å². The van der Waals surface area contributed by atoms with E-state index in [1.54, 1.807) is 0 Å². The van der Waals surface area contributed by atoms with Crippen LogP contribution in [0.2, 0.25) is 0 Å². The van der Waals surface area contributed by atoms with E-state index in [1.165, 1.54) is 22.3 Å². The minimum atomic E-state index is 0.893. The fourth-order valence-corrected chi connectivity index (χ4v) is 8.50. The van der Waals surface area contributed by atoms with Crippen LogP contribution >= 0.6 is 0 Å². The molecule has 0 spiro atoms. The van der Waals surface area contributed by atoms with E-state index in [0.29, 0.717) is 0 Å². The number of benzene rings is 9. The van der Waals surface area contributed by atoms with Crippen molar-refractivity contribution >= 4 is 60.8 Å². The third-order valence-electron chi connectivity index (χ3n) is 11.2. The van der Waals surface area contributed by atoms with Crippen LogP contribution in [0.25, 0.3) is 82.8 Å². The van der Waals surface area contributed by atoms with Crippen molar-refractivity contribution in [2.45, 2.75) is 0 Å². The fourth-order valence-electron chi connectivity index (χ4n) is 8.50. The molecule has 2 aromatic heterocycles. The second-order valence-corrected chi connectivity index (χ2v) is 14.5. The van der Waals surface area contributed by atoms with Crippen molar-refractivity contribution in [3.8, 4) is 39.1 Å². The largest absolute Gasteiger partial charge is 0.455 e. The van der Waals surface area contributed by atoms with Gasteiger partial charge in [-0.05, 0) is 94.5 Å². The maximum Gasteiger partial charge on any atom is 0.145 e. The van der Waals surface area contributed by atoms with E-state index >= 15 is 0 Å². The van der Waals surface area contributed by atoms with Gasteiger partial charge in [0.25, 0.3) is 0 Å². The number of hydrogen-bond acceptors (Lipinski definition) is 2. The van der Waals surface area contributed by atoms with Gasteiger partial charge in [-0.15, -0.1) is 0 Å². The highest BCUT2D eigenvalue weighted by atomic mass is 16.3. The normalized spacial score (nSPS) is 11.5. The van der Waals surface area contributed by atoms with Gasteiger partial charge in [-0.25, -0.2) is 0 Å². The third kappa shape index (κ3) is 5.60. The average Bonchev–Trinajstić information content (AvgIpc) is 3.84. The lowest BCUT2D eigenvalue weighted by Crippen LogP contribution is -2.10. The Bertz CT molecular complexity index is 3180. The molecule has 0 fully saturated rings. The monoisotopic (exact) mass is 728 g/mol. The SMILES string of the molecule is c1ccc(-c2ccc(-c3cc4c5ccccc5oc4c4c5ccccc5n(-c5ccc(N(c6ccccc6)c6ccc(-c7ccccc7)cc6)cc5)c34)cc2)cc1. The molecule has 0 radical (unpaired) electrons. The summed E-state index contributed by atoms with van der Waals surface area (Å²) in [5.41, 5.74) is 15.5. The average molecular weight is 729 g/mol. The molecule has 57 heavy (non-hydrogen) atoms. The third-order valence-corrected chi connectivity index (χ3v) is 11.2. The van der Waals surface area contributed by atoms with Crippen molar-refractivity contribution in [1.29, 1.82) is 0 Å². The first-order valence-electron chi connectivity index (χ1n) is 19.4. The van der Waals surface area contributed by atoms with Gasteiger partial charge in [-0.1, -0.05) is 152 Å². The molecule has 11 rings (SSSR count). The van der Waals surface area contributed by atoms with Crippen LogP contribution in [0.5, 0.6) is 0 Å². The van der Waals surface area contributed by atoms with Gasteiger partial charge in [-0.3, -0.25) is 0 Å². The minimum absolute atomic E-state index is 0.893. The summed E-state index contributed by atoms with van der Waals surface area (Å²) >= 11 is 0. The van der Waals surface area contributed by atoms with Gasteiger partial charge in [0.05, 0.1) is 16.4 Å². The van der Waals surface area contributed by atoms with Crippen LogP contribution < -0.4 is 4.90 Å². The smallest absolute Gasteiger partial charge is 0.145 e. The van der Waals surface area contributed by atoms with Crippen molar-refractivity contribution in [1.82, 2.24) is 4.57 Å². The summed E-state index contributed by atoms with van der Waals surface area (Å²) in [4.78, 5) is 2.32. The highest BCUT2D eigenvalue weighted by molar-refractivity contribution is 6.27. The predicted octanol–water partition coefficient (Wildman–Crippen LogP) is 15.2. The molecule has 0 N–H and O–H groups in total. The summed E-state index contributed by atoms with van der Waals surface area (Å²) < 4.78 is 9.18. The Morgan fingerprint density at radius 2 is 0.842 bits per heavy atom. The zero-order chi connectivity index (χ0) is 37.7. The van der Waals surface area contributed by atoms with E-state index < -0.39 is 0 Å². The number of furan rings is 1. The van der Waals surface area contributed by atoms with Crippen LogP contribution in [0.1, 0.15) is 0 Å². The van der Waals surface area contributed by atoms with E-state index in [9.17, 15) is 0 Å². The Kier molecular flexibility index (Phi) is 7.82. The molecule has 0 atom stereocenters. The van der Waals surface area contributed by atoms with E-state index in [2.05, 4.69) is 222 Å². The summed E-state index contributed by atoms with van der Waals surface area (Å²) in [6, 6.07) is 78.0. The summed E-state index contributed by atoms with van der Waals surface area (Å²) in [5.74, 6) is 0. The highest BCUT2D eigenvalue weighted by Crippen LogP contribution is 2.46. The number of fused-ring (bicyclic) bond motifs is 7. The second-order valence-electron chi connectivity index (χ2n) is 14.5. The molecular weight excluding hydrogens is 693 g/mol. The first-order chi connectivity index (χ1) is 28.3. The molecule has 2 heterocycles. The second kappa shape index (κ2) is 13.6. The van der Waals surface area contributed by atoms with Crippen molar-refractivity contribution in [2.24, 2.45) is 0 Å². The van der Waals surface area contributed by atoms with Crippen molar-refractivity contribution < 1.29 is 4.42 Å². The molecule has 9 aromatic carbocycles. The Hall–Kier alpha value is -7.62. The molecule has 0 aliphatic rings. The summed E-state index contributed by atoms with van der Waals surface area (Å²) in [6.45, 7) is 0. The van der Waals surface area contributed by atoms with Crippen LogP contribution in [-0.2, 0) is 0 Å². The summed E-state index contributed by atoms with van der Waals surface area (Å²) in [6.07, 6.45) is 0. The first-order valence-corrected chi connectivity index (χ1v) is 19.4. The van der Waals surface area contributed by atoms with Gasteiger partial charge in [-0.2, -0.15) is 0 Å². The van der Waals surface area contributed by atoms with Gasteiger partial charge >= 0.3 is 0 Å². The molecule has 3 heteroatoms. The van der Waals surface area contributed by atoms with Gasteiger partial charge in [0.15, 0.2) is 0 Å². The number of hydrogen-bond donors (Lipinski definition) is 0. The maximum atomic E-state index is 6.76. The Labute approximate surface area is 330 Å². The van der Waals surface area contributed by atoms with Crippen molar-refractivity contribution in [3.63, 3.8) is 0 Å². The van der Waals surface area contributed by atoms with E-state index in [-0.39, 0.29) is 0 Å². The predicted molar refractivity (Wildman–Crippen MR) is 239 cm³/mol. The lowest BCUT2D eigenvalue weighted by atomic mass is 9.96. The standard InChI is InChI=1S/C54H36N2O/c1-4-14-37(15-5-1)39-24-26-41(27-25-39)48-36-49-46-20-11-13-23-51(46)57-54(49)52-47-21-10-12-22-50(47)56(53(48)52)45-34-32-44(33-35-45)55(42-18-8-3-9-19-42)43-30-28-40(29-31-43)38-16-6-2-7-17-38/h1-36H. The van der Waals surface area contributed by atoms with Crippen LogP contribution in [0.15, 0.2) is 223 Å². The molecule has 11 aromatic rings. The molecule has 0 amide bonds. The number of anilines is 3. The molecule has 0 unspecified atom stereocenters. The zero-order valence-electron chi connectivity index (χ0n) is 31.1. The van der Waals surface area contributed by atoms with Crippen molar-refractivity contribution in [3.05, 3.63) is 218 Å². The highest BCUT2D eigenvalue weighted by Gasteiger charge is 2.23. The lowest BCUT2D eigenvalue weighted by Gasteiger charge is -2.26. The summed E-state index contributed by atoms with van der Waals surface area (Å²) in [5, 5.41) is 4.52. The van der Waals surface area contributed by atoms with Gasteiger partial charge in [0.2, 0.25) is 0 Å². The van der Waals surface area contributed by atoms with Gasteiger partial charge in [0, 0.05) is 44.5 Å². The summed E-state index contributed by atoms with van der Waals surface area (Å²) in [7, 11) is 0. The van der Waals surface area contributed by atoms with Gasteiger partial charge < -0.3 is 13.9 Å². The molecule has 0 aliphatic heterocycles. The number of para-hydroxylation sites is 3. The zero-order valence-corrected chi connectivity index (χ0v) is 31.1. The lowest BCUT2D eigenvalue weighted by molar-refractivity contribution is 0.673. The Morgan fingerprint density at radius 1 is 0.368 bits per heavy atom. The maximum absolute atomic E-state index is 6.76. The number of aromatic nitrogens is 1. The van der Waals surface area contributed by atoms with Crippen LogP contribution in [-0.4, -0.2) is 4.57 Å². The number of nitrogens with zero attached hydrogens (tertiary/aromatic N) is 2. The molecule has 268 valence electrons. The fraction of sp³-hybridized carbons (Fsp3) is 0.